The number of hydrogen-bond acceptors (Lipinski definition) is 7. The lowest BCUT2D eigenvalue weighted by Crippen LogP contribution is -2.50. The lowest BCUT2D eigenvalue weighted by molar-refractivity contribution is 0.0904. The molecule has 0 unspecified atom stereocenters. The maximum Gasteiger partial charge on any atom is 0.247 e. The molecular weight excluding hydrogens is 552 g/mol. The Morgan fingerprint density at radius 1 is 1.18 bits per heavy atom. The van der Waals surface area contributed by atoms with Gasteiger partial charge in [0.15, 0.2) is 0 Å². The monoisotopic (exact) mass is 590 g/mol. The van der Waals surface area contributed by atoms with Gasteiger partial charge in [0.2, 0.25) is 20.0 Å². The number of aliphatic hydroxyl groups excluding tert-OH is 1. The second kappa shape index (κ2) is 12.5. The molecule has 1 saturated carbocycles. The molecule has 0 spiro atoms. The summed E-state index contributed by atoms with van der Waals surface area (Å²) in [5.41, 5.74) is 0.633. The predicted octanol–water partition coefficient (Wildman–Crippen LogP) is 3.33. The number of likely N-dealkylation sites (N-methyl/N-ethyl adjacent to an activating group) is 1. The summed E-state index contributed by atoms with van der Waals surface area (Å²) in [6.07, 6.45) is 3.77. The van der Waals surface area contributed by atoms with Crippen LogP contribution in [-0.2, 0) is 20.0 Å². The molecule has 9 nitrogen and oxygen atoms in total. The van der Waals surface area contributed by atoms with Crippen molar-refractivity contribution in [2.24, 2.45) is 11.8 Å². The maximum atomic E-state index is 13.7. The Morgan fingerprint density at radius 3 is 2.48 bits per heavy atom. The van der Waals surface area contributed by atoms with Gasteiger partial charge < -0.3 is 14.6 Å². The summed E-state index contributed by atoms with van der Waals surface area (Å²) in [5.74, 6) is 7.06. The van der Waals surface area contributed by atoms with E-state index >= 15 is 0 Å². The zero-order valence-corrected chi connectivity index (χ0v) is 25.0. The first-order valence-electron chi connectivity index (χ1n) is 13.5. The molecular formula is C29H38N2O7S2. The van der Waals surface area contributed by atoms with E-state index in [1.807, 2.05) is 6.92 Å². The van der Waals surface area contributed by atoms with Gasteiger partial charge in [0.05, 0.1) is 25.2 Å². The minimum atomic E-state index is -4.01. The first-order chi connectivity index (χ1) is 19.0. The molecule has 1 N–H and O–H groups in total. The van der Waals surface area contributed by atoms with Crippen LogP contribution in [0.25, 0.3) is 0 Å². The minimum absolute atomic E-state index is 0.0195. The topological polar surface area (TPSA) is 113 Å². The summed E-state index contributed by atoms with van der Waals surface area (Å²) in [7, 11) is -4.89. The van der Waals surface area contributed by atoms with Crippen LogP contribution in [0.5, 0.6) is 11.5 Å². The van der Waals surface area contributed by atoms with Gasteiger partial charge in [0, 0.05) is 37.0 Å². The molecule has 0 amide bonds. The number of methoxy groups -OCH3 is 1. The number of nitrogens with zero attached hydrogens (tertiary/aromatic N) is 2. The first-order valence-corrected chi connectivity index (χ1v) is 16.4. The summed E-state index contributed by atoms with van der Waals surface area (Å²) >= 11 is 0. The average Bonchev–Trinajstić information content (AvgIpc) is 3.47. The van der Waals surface area contributed by atoms with Crippen molar-refractivity contribution < 1.29 is 31.4 Å². The van der Waals surface area contributed by atoms with Gasteiger partial charge in [0.1, 0.15) is 22.5 Å². The molecule has 1 aliphatic heterocycles. The van der Waals surface area contributed by atoms with Gasteiger partial charge >= 0.3 is 0 Å². The van der Waals surface area contributed by atoms with Crippen LogP contribution < -0.4 is 9.47 Å². The van der Waals surface area contributed by atoms with Gasteiger partial charge in [-0.15, -0.1) is 0 Å². The van der Waals surface area contributed by atoms with E-state index in [-0.39, 0.29) is 35.2 Å². The zero-order valence-electron chi connectivity index (χ0n) is 23.4. The van der Waals surface area contributed by atoms with Gasteiger partial charge in [-0.3, -0.25) is 0 Å². The third kappa shape index (κ3) is 6.47. The summed E-state index contributed by atoms with van der Waals surface area (Å²) in [6, 6.07) is 10.2. The Labute approximate surface area is 238 Å². The molecule has 4 rings (SSSR count). The van der Waals surface area contributed by atoms with E-state index in [1.165, 1.54) is 41.0 Å². The maximum absolute atomic E-state index is 13.7. The minimum Gasteiger partial charge on any atom is -0.497 e. The lowest BCUT2D eigenvalue weighted by atomic mass is 10.0. The summed E-state index contributed by atoms with van der Waals surface area (Å²) < 4.78 is 68.1. The second-order valence-electron chi connectivity index (χ2n) is 10.6. The highest BCUT2D eigenvalue weighted by atomic mass is 32.2. The van der Waals surface area contributed by atoms with Crippen molar-refractivity contribution >= 4 is 20.0 Å². The van der Waals surface area contributed by atoms with E-state index in [2.05, 4.69) is 11.8 Å². The molecule has 0 saturated heterocycles. The number of sulfonamides is 2. The Kier molecular flexibility index (Phi) is 9.47. The first kappa shape index (κ1) is 30.3. The van der Waals surface area contributed by atoms with E-state index in [9.17, 15) is 21.9 Å². The van der Waals surface area contributed by atoms with Crippen molar-refractivity contribution in [2.45, 2.75) is 61.5 Å². The quantitative estimate of drug-likeness (QED) is 0.492. The number of rotatable bonds is 7. The molecule has 1 heterocycles. The highest BCUT2D eigenvalue weighted by molar-refractivity contribution is 7.89. The van der Waals surface area contributed by atoms with Crippen LogP contribution in [0.15, 0.2) is 52.3 Å². The van der Waals surface area contributed by atoms with E-state index in [0.717, 1.165) is 25.7 Å². The van der Waals surface area contributed by atoms with Crippen molar-refractivity contribution in [1.29, 1.82) is 0 Å². The summed E-state index contributed by atoms with van der Waals surface area (Å²) in [4.78, 5) is 0.0778. The summed E-state index contributed by atoms with van der Waals surface area (Å²) in [6.45, 7) is 3.13. The van der Waals surface area contributed by atoms with Crippen molar-refractivity contribution in [3.05, 3.63) is 48.0 Å². The number of aliphatic hydroxyl groups is 1. The van der Waals surface area contributed by atoms with Crippen LogP contribution in [0.3, 0.4) is 0 Å². The Balaban J connectivity index is 1.70. The normalized spacial score (nSPS) is 22.4. The molecule has 0 radical (unpaired) electrons. The molecule has 2 aromatic carbocycles. The molecule has 1 fully saturated rings. The molecule has 2 aliphatic rings. The molecule has 11 heteroatoms. The number of hydrogen-bond donors (Lipinski definition) is 1. The van der Waals surface area contributed by atoms with Crippen LogP contribution in [0.1, 0.15) is 45.1 Å². The van der Waals surface area contributed by atoms with E-state index in [0.29, 0.717) is 17.2 Å². The average molecular weight is 591 g/mol. The highest BCUT2D eigenvalue weighted by Gasteiger charge is 2.39. The van der Waals surface area contributed by atoms with Crippen molar-refractivity contribution in [3.63, 3.8) is 0 Å². The van der Waals surface area contributed by atoms with Crippen molar-refractivity contribution in [1.82, 2.24) is 8.61 Å². The van der Waals surface area contributed by atoms with Crippen LogP contribution in [0, 0.1) is 23.7 Å². The second-order valence-corrected chi connectivity index (χ2v) is 14.5. The third-order valence-corrected chi connectivity index (χ3v) is 11.5. The van der Waals surface area contributed by atoms with Crippen LogP contribution in [0.2, 0.25) is 0 Å². The van der Waals surface area contributed by atoms with E-state index in [4.69, 9.17) is 9.47 Å². The van der Waals surface area contributed by atoms with Gasteiger partial charge in [-0.25, -0.2) is 16.8 Å². The van der Waals surface area contributed by atoms with Gasteiger partial charge in [0.25, 0.3) is 0 Å². The molecule has 0 aromatic heterocycles. The predicted molar refractivity (Wildman–Crippen MR) is 152 cm³/mol. The largest absolute Gasteiger partial charge is 0.497 e. The molecule has 40 heavy (non-hydrogen) atoms. The number of ether oxygens (including phenoxy) is 2. The third-order valence-electron chi connectivity index (χ3n) is 7.65. The molecule has 0 bridgehead atoms. The van der Waals surface area contributed by atoms with Gasteiger partial charge in [-0.1, -0.05) is 31.6 Å². The van der Waals surface area contributed by atoms with Crippen molar-refractivity contribution in [3.8, 4) is 23.3 Å². The zero-order chi connectivity index (χ0) is 29.1. The fourth-order valence-corrected chi connectivity index (χ4v) is 8.06. The summed E-state index contributed by atoms with van der Waals surface area (Å²) in [5, 5.41) is 9.86. The Morgan fingerprint density at radius 2 is 1.85 bits per heavy atom. The molecule has 1 aliphatic carbocycles. The van der Waals surface area contributed by atoms with Gasteiger partial charge in [-0.05, 0) is 62.2 Å². The van der Waals surface area contributed by atoms with E-state index in [1.54, 1.807) is 31.2 Å². The van der Waals surface area contributed by atoms with Crippen molar-refractivity contribution in [2.75, 3.05) is 33.9 Å². The van der Waals surface area contributed by atoms with Crippen LogP contribution in [-0.4, -0.2) is 76.6 Å². The fourth-order valence-electron chi connectivity index (χ4n) is 5.06. The molecule has 2 aromatic rings. The Hall–Kier alpha value is -2.62. The number of fused-ring (bicyclic) bond motifs is 1. The van der Waals surface area contributed by atoms with Gasteiger partial charge in [-0.2, -0.15) is 8.61 Å². The molecule has 3 atom stereocenters. The van der Waals surface area contributed by atoms with E-state index < -0.39 is 38.1 Å². The smallest absolute Gasteiger partial charge is 0.247 e. The standard InChI is InChI=1S/C29H38N2O7S2/c1-21-18-31(22(2)20-32)40(35,36)29-16-11-24(10-9-23-7-5-6-8-23)17-27(29)38-28(21)19-30(3)39(33,34)26-14-12-25(37-4)13-15-26/h11-17,21-23,28,32H,5-8,18-20H2,1-4H3/t21-,22+,28+/m0/s1. The lowest BCUT2D eigenvalue weighted by Gasteiger charge is -2.37. The SMILES string of the molecule is COc1ccc(S(=O)(=O)N(C)C[C@H]2Oc3cc(C#CC4CCCC4)ccc3S(=O)(=O)N([C@H](C)CO)C[C@@H]2C)cc1. The number of benzene rings is 2. The highest BCUT2D eigenvalue weighted by Crippen LogP contribution is 2.35. The van der Waals surface area contributed by atoms with Crippen LogP contribution >= 0.6 is 0 Å². The van der Waals surface area contributed by atoms with Crippen LogP contribution in [0.4, 0.5) is 0 Å². The fraction of sp³-hybridized carbons (Fsp3) is 0.517. The molecule has 218 valence electrons. The Bertz CT molecular complexity index is 1460.